The number of β-lactam (4-membered cyclic amide) rings is 1. The van der Waals surface area contributed by atoms with E-state index >= 15 is 0 Å². The van der Waals surface area contributed by atoms with E-state index in [1.165, 1.54) is 30.9 Å². The molecule has 0 radical (unpaired) electrons. The number of thioether (sulfide) groups is 1. The minimum absolute atomic E-state index is 0.195. The molecule has 2 unspecified atom stereocenters. The lowest BCUT2D eigenvalue weighted by Gasteiger charge is -2.43. The van der Waals surface area contributed by atoms with E-state index in [1.54, 1.807) is 32.0 Å². The van der Waals surface area contributed by atoms with Gasteiger partial charge in [-0.2, -0.15) is 0 Å². The van der Waals surface area contributed by atoms with Crippen LogP contribution in [0.4, 0.5) is 0 Å². The van der Waals surface area contributed by atoms with Crippen LogP contribution in [0.5, 0.6) is 11.5 Å². The summed E-state index contributed by atoms with van der Waals surface area (Å²) in [6.45, 7) is 3.56. The second-order valence-corrected chi connectivity index (χ2v) is 8.36. The summed E-state index contributed by atoms with van der Waals surface area (Å²) in [6.07, 6.45) is 0. The van der Waals surface area contributed by atoms with Gasteiger partial charge in [0.2, 0.25) is 5.91 Å². The number of nitrogens with one attached hydrogen (secondary N) is 1. The SMILES string of the molecule is COc1cccc(OC)c1C(=O)NC1C(=O)N2C(C(=O)O)C(C)(C)S[C@H]12. The van der Waals surface area contributed by atoms with Crippen LogP contribution in [0.1, 0.15) is 24.2 Å². The first-order valence-electron chi connectivity index (χ1n) is 7.97. The summed E-state index contributed by atoms with van der Waals surface area (Å²) in [5.74, 6) is -1.30. The molecule has 0 saturated carbocycles. The molecule has 9 heteroatoms. The molecule has 2 aliphatic heterocycles. The Morgan fingerprint density at radius 2 is 1.81 bits per heavy atom. The molecule has 3 atom stereocenters. The lowest BCUT2D eigenvalue weighted by atomic mass is 9.96. The fourth-order valence-electron chi connectivity index (χ4n) is 3.43. The van der Waals surface area contributed by atoms with Crippen molar-refractivity contribution in [2.24, 2.45) is 0 Å². The molecular weight excluding hydrogens is 360 g/mol. The second kappa shape index (κ2) is 6.39. The Labute approximate surface area is 154 Å². The molecule has 0 spiro atoms. The van der Waals surface area contributed by atoms with E-state index < -0.39 is 40.0 Å². The van der Waals surface area contributed by atoms with E-state index in [0.29, 0.717) is 11.5 Å². The van der Waals surface area contributed by atoms with Gasteiger partial charge in [-0.3, -0.25) is 9.59 Å². The van der Waals surface area contributed by atoms with Gasteiger partial charge in [-0.15, -0.1) is 11.8 Å². The molecule has 2 heterocycles. The Bertz CT molecular complexity index is 758. The lowest BCUT2D eigenvalue weighted by molar-refractivity contribution is -0.159. The standard InChI is InChI=1S/C17H20N2O6S/c1-17(2)12(16(22)23)19-14(21)11(15(19)26-17)18-13(20)10-8(24-3)6-5-7-9(10)25-4/h5-7,11-12,15H,1-4H3,(H,18,20)(H,22,23)/t11?,12?,15-/m1/s1. The van der Waals surface area contributed by atoms with E-state index in [9.17, 15) is 19.5 Å². The van der Waals surface area contributed by atoms with Crippen molar-refractivity contribution in [2.75, 3.05) is 14.2 Å². The fourth-order valence-corrected chi connectivity index (χ4v) is 5.06. The average Bonchev–Trinajstić information content (AvgIpc) is 2.86. The maximum atomic E-state index is 12.8. The van der Waals surface area contributed by atoms with Crippen molar-refractivity contribution in [1.82, 2.24) is 10.2 Å². The smallest absolute Gasteiger partial charge is 0.327 e. The molecule has 2 fully saturated rings. The number of aliphatic carboxylic acids is 1. The van der Waals surface area contributed by atoms with Crippen LogP contribution in [-0.2, 0) is 9.59 Å². The van der Waals surface area contributed by atoms with Gasteiger partial charge in [0, 0.05) is 4.75 Å². The summed E-state index contributed by atoms with van der Waals surface area (Å²) in [5, 5.41) is 11.7. The average molecular weight is 380 g/mol. The van der Waals surface area contributed by atoms with Crippen molar-refractivity contribution in [3.05, 3.63) is 23.8 Å². The number of carbonyl (C=O) groups is 3. The maximum absolute atomic E-state index is 12.8. The van der Waals surface area contributed by atoms with E-state index in [-0.39, 0.29) is 5.56 Å². The van der Waals surface area contributed by atoms with Crippen molar-refractivity contribution in [2.45, 2.75) is 36.1 Å². The molecular formula is C17H20N2O6S. The summed E-state index contributed by atoms with van der Waals surface area (Å²) < 4.78 is 9.79. The van der Waals surface area contributed by atoms with Gasteiger partial charge >= 0.3 is 5.97 Å². The number of fused-ring (bicyclic) bond motifs is 1. The Morgan fingerprint density at radius 1 is 1.23 bits per heavy atom. The number of ether oxygens (including phenoxy) is 2. The van der Waals surface area contributed by atoms with Gasteiger partial charge in [0.15, 0.2) is 0 Å². The highest BCUT2D eigenvalue weighted by molar-refractivity contribution is 8.01. The van der Waals surface area contributed by atoms with Crippen LogP contribution in [0.15, 0.2) is 18.2 Å². The quantitative estimate of drug-likeness (QED) is 0.733. The third kappa shape index (κ3) is 2.66. The van der Waals surface area contributed by atoms with Crippen LogP contribution in [-0.4, -0.2) is 64.2 Å². The number of benzene rings is 1. The normalized spacial score (nSPS) is 25.9. The van der Waals surface area contributed by atoms with Crippen LogP contribution in [0.3, 0.4) is 0 Å². The highest BCUT2D eigenvalue weighted by Gasteiger charge is 2.64. The van der Waals surface area contributed by atoms with Crippen molar-refractivity contribution in [3.8, 4) is 11.5 Å². The number of amides is 2. The first kappa shape index (κ1) is 18.4. The lowest BCUT2D eigenvalue weighted by Crippen LogP contribution is -2.70. The molecule has 8 nitrogen and oxygen atoms in total. The first-order valence-corrected chi connectivity index (χ1v) is 8.85. The molecule has 0 aliphatic carbocycles. The van der Waals surface area contributed by atoms with E-state index in [4.69, 9.17) is 9.47 Å². The van der Waals surface area contributed by atoms with Crippen LogP contribution < -0.4 is 14.8 Å². The van der Waals surface area contributed by atoms with Crippen molar-refractivity contribution in [3.63, 3.8) is 0 Å². The topological polar surface area (TPSA) is 105 Å². The molecule has 0 aromatic heterocycles. The zero-order chi connectivity index (χ0) is 19.2. The Kier molecular flexibility index (Phi) is 4.51. The number of hydrogen-bond donors (Lipinski definition) is 2. The van der Waals surface area contributed by atoms with Crippen LogP contribution >= 0.6 is 11.8 Å². The molecule has 3 rings (SSSR count). The van der Waals surface area contributed by atoms with Gasteiger partial charge in [0.05, 0.1) is 14.2 Å². The van der Waals surface area contributed by atoms with Crippen molar-refractivity contribution >= 4 is 29.5 Å². The number of carboxylic acid groups (broad SMARTS) is 1. The largest absolute Gasteiger partial charge is 0.496 e. The van der Waals surface area contributed by atoms with Gasteiger partial charge in [-0.1, -0.05) is 6.07 Å². The Morgan fingerprint density at radius 3 is 2.31 bits per heavy atom. The maximum Gasteiger partial charge on any atom is 0.327 e. The van der Waals surface area contributed by atoms with E-state index in [1.807, 2.05) is 0 Å². The molecule has 1 aromatic rings. The van der Waals surface area contributed by atoms with Gasteiger partial charge in [0.25, 0.3) is 5.91 Å². The molecule has 140 valence electrons. The van der Waals surface area contributed by atoms with Crippen LogP contribution in [0.2, 0.25) is 0 Å². The zero-order valence-corrected chi connectivity index (χ0v) is 15.6. The number of carbonyl (C=O) groups excluding carboxylic acids is 2. The molecule has 2 amide bonds. The molecule has 2 saturated heterocycles. The predicted octanol–water partition coefficient (Wildman–Crippen LogP) is 0.949. The first-order chi connectivity index (χ1) is 12.2. The van der Waals surface area contributed by atoms with Crippen LogP contribution in [0, 0.1) is 0 Å². The number of methoxy groups -OCH3 is 2. The highest BCUT2D eigenvalue weighted by atomic mass is 32.2. The molecule has 2 aliphatic rings. The molecule has 1 aromatic carbocycles. The Hall–Kier alpha value is -2.42. The highest BCUT2D eigenvalue weighted by Crippen LogP contribution is 2.50. The summed E-state index contributed by atoms with van der Waals surface area (Å²) in [6, 6.07) is 3.24. The molecule has 0 bridgehead atoms. The molecule has 2 N–H and O–H groups in total. The summed E-state index contributed by atoms with van der Waals surface area (Å²) in [5.41, 5.74) is 0.195. The van der Waals surface area contributed by atoms with Crippen molar-refractivity contribution in [1.29, 1.82) is 0 Å². The summed E-state index contributed by atoms with van der Waals surface area (Å²) in [4.78, 5) is 38.1. The second-order valence-electron chi connectivity index (χ2n) is 6.59. The van der Waals surface area contributed by atoms with E-state index in [0.717, 1.165) is 0 Å². The number of hydrogen-bond acceptors (Lipinski definition) is 6. The van der Waals surface area contributed by atoms with Gasteiger partial charge < -0.3 is 24.8 Å². The van der Waals surface area contributed by atoms with E-state index in [2.05, 4.69) is 5.32 Å². The number of carboxylic acids is 1. The van der Waals surface area contributed by atoms with Crippen molar-refractivity contribution < 1.29 is 29.0 Å². The zero-order valence-electron chi connectivity index (χ0n) is 14.8. The minimum atomic E-state index is -1.05. The van der Waals surface area contributed by atoms with Gasteiger partial charge in [-0.05, 0) is 26.0 Å². The van der Waals surface area contributed by atoms with Gasteiger partial charge in [0.1, 0.15) is 34.5 Å². The summed E-state index contributed by atoms with van der Waals surface area (Å²) >= 11 is 1.37. The Balaban J connectivity index is 1.83. The third-order valence-electron chi connectivity index (χ3n) is 4.62. The number of rotatable bonds is 5. The summed E-state index contributed by atoms with van der Waals surface area (Å²) in [7, 11) is 2.88. The van der Waals surface area contributed by atoms with Gasteiger partial charge in [-0.25, -0.2) is 4.79 Å². The number of nitrogens with zero attached hydrogens (tertiary/aromatic N) is 1. The fraction of sp³-hybridized carbons (Fsp3) is 0.471. The van der Waals surface area contributed by atoms with Crippen LogP contribution in [0.25, 0.3) is 0 Å². The predicted molar refractivity (Wildman–Crippen MR) is 94.5 cm³/mol. The minimum Gasteiger partial charge on any atom is -0.496 e. The monoisotopic (exact) mass is 380 g/mol. The third-order valence-corrected chi connectivity index (χ3v) is 6.19. The molecule has 26 heavy (non-hydrogen) atoms.